The molecule has 4 aliphatic heterocycles. The van der Waals surface area contributed by atoms with Crippen LogP contribution in [0.15, 0.2) is 47.1 Å². The Morgan fingerprint density at radius 1 is 1.15 bits per heavy atom. The zero-order valence-corrected chi connectivity index (χ0v) is 28.9. The van der Waals surface area contributed by atoms with E-state index in [1.165, 1.54) is 0 Å². The van der Waals surface area contributed by atoms with Crippen molar-refractivity contribution in [1.29, 1.82) is 0 Å². The smallest absolute Gasteiger partial charge is 0.316 e. The normalized spacial score (nSPS) is 46.2. The molecule has 5 aliphatic rings. The van der Waals surface area contributed by atoms with Gasteiger partial charge in [0.2, 0.25) is 5.79 Å². The van der Waals surface area contributed by atoms with Gasteiger partial charge in [0, 0.05) is 18.8 Å². The predicted molar refractivity (Wildman–Crippen MR) is 174 cm³/mol. The molecule has 262 valence electrons. The summed E-state index contributed by atoms with van der Waals surface area (Å²) in [4.78, 5) is 27.1. The van der Waals surface area contributed by atoms with Crippen LogP contribution in [0.25, 0.3) is 0 Å². The molecule has 0 saturated carbocycles. The van der Waals surface area contributed by atoms with Crippen molar-refractivity contribution in [3.8, 4) is 0 Å². The van der Waals surface area contributed by atoms with Gasteiger partial charge in [0.1, 0.15) is 42.0 Å². The maximum atomic E-state index is 14.1. The molecule has 1 aliphatic carbocycles. The lowest BCUT2D eigenvalue weighted by Crippen LogP contribution is -2.67. The van der Waals surface area contributed by atoms with Crippen molar-refractivity contribution in [2.24, 2.45) is 23.7 Å². The molecule has 10 nitrogen and oxygen atoms in total. The van der Waals surface area contributed by atoms with Crippen LogP contribution >= 0.6 is 0 Å². The van der Waals surface area contributed by atoms with E-state index in [1.54, 1.807) is 26.0 Å². The molecule has 0 unspecified atom stereocenters. The third kappa shape index (κ3) is 6.92. The first kappa shape index (κ1) is 36.0. The van der Waals surface area contributed by atoms with Gasteiger partial charge in [-0.05, 0) is 56.6 Å². The Balaban J connectivity index is 1.54. The van der Waals surface area contributed by atoms with Gasteiger partial charge in [-0.2, -0.15) is 0 Å². The number of ether oxygens (including phenoxy) is 5. The molecule has 3 fully saturated rings. The van der Waals surface area contributed by atoms with Gasteiger partial charge in [0.25, 0.3) is 0 Å². The molecule has 3 saturated heterocycles. The van der Waals surface area contributed by atoms with Crippen LogP contribution in [-0.2, 0) is 33.3 Å². The van der Waals surface area contributed by atoms with Gasteiger partial charge in [-0.15, -0.1) is 0 Å². The molecule has 5 rings (SSSR count). The molecule has 4 heterocycles. The van der Waals surface area contributed by atoms with Gasteiger partial charge in [-0.1, -0.05) is 70.6 Å². The molecule has 2 bridgehead atoms. The minimum Gasteiger partial charge on any atom is -0.462 e. The number of aliphatic hydroxyl groups is 3. The number of hydrogen-bond acceptors (Lipinski definition) is 10. The average molecular weight is 659 g/mol. The van der Waals surface area contributed by atoms with E-state index in [1.807, 2.05) is 32.9 Å². The second-order valence-electron chi connectivity index (χ2n) is 14.6. The Hall–Kier alpha value is -2.34. The number of allylic oxidation sites excluding steroid dienone is 4. The van der Waals surface area contributed by atoms with Crippen molar-refractivity contribution >= 4 is 11.9 Å². The van der Waals surface area contributed by atoms with Crippen molar-refractivity contribution in [1.82, 2.24) is 0 Å². The Kier molecular flexibility index (Phi) is 10.9. The summed E-state index contributed by atoms with van der Waals surface area (Å²) in [6.45, 7) is 13.5. The summed E-state index contributed by atoms with van der Waals surface area (Å²) >= 11 is 0. The van der Waals surface area contributed by atoms with E-state index in [4.69, 9.17) is 23.7 Å². The lowest BCUT2D eigenvalue weighted by molar-refractivity contribution is -0.385. The van der Waals surface area contributed by atoms with Gasteiger partial charge in [0.15, 0.2) is 0 Å². The maximum absolute atomic E-state index is 14.1. The standard InChI is InChI=1S/C37H54O10/c1-8-22(5)34(40)45-31-24(7)29(9-2)47-36(32(31)39)18-27-17-26(46-36)14-13-21(4)15-20(3)11-10-12-25-19-43-33-30(38)23(6)16-28(35(41)44-27)37(25,33)42/h10-13,16,20,22,24,26-33,38-39,42H,8-9,14-15,17-19H2,1-7H3/b11-10-,21-13-,25-12-/t20-,22+,24+,26+,27-,28-,29+,30+,31-,32+,33+,36-,37+/m0/s1. The summed E-state index contributed by atoms with van der Waals surface area (Å²) in [6.07, 6.45) is 6.29. The van der Waals surface area contributed by atoms with E-state index < -0.39 is 59.9 Å². The lowest BCUT2D eigenvalue weighted by atomic mass is 9.71. The molecule has 0 radical (unpaired) electrons. The quantitative estimate of drug-likeness (QED) is 0.293. The molecular weight excluding hydrogens is 604 g/mol. The third-order valence-electron chi connectivity index (χ3n) is 11.0. The Morgan fingerprint density at radius 3 is 2.60 bits per heavy atom. The number of aliphatic hydroxyl groups excluding tert-OH is 2. The van der Waals surface area contributed by atoms with E-state index in [0.717, 1.165) is 12.0 Å². The maximum Gasteiger partial charge on any atom is 0.316 e. The van der Waals surface area contributed by atoms with Crippen molar-refractivity contribution < 1.29 is 48.6 Å². The monoisotopic (exact) mass is 658 g/mol. The summed E-state index contributed by atoms with van der Waals surface area (Å²) < 4.78 is 31.4. The van der Waals surface area contributed by atoms with Gasteiger partial charge < -0.3 is 39.0 Å². The van der Waals surface area contributed by atoms with Gasteiger partial charge >= 0.3 is 11.9 Å². The highest BCUT2D eigenvalue weighted by molar-refractivity contribution is 5.78. The van der Waals surface area contributed by atoms with Gasteiger partial charge in [-0.3, -0.25) is 9.59 Å². The minimum atomic E-state index is -1.81. The fraction of sp³-hybridized carbons (Fsp3) is 0.730. The van der Waals surface area contributed by atoms with Crippen LogP contribution in [0.1, 0.15) is 87.0 Å². The minimum absolute atomic E-state index is 0.0125. The number of carbonyl (C=O) groups is 2. The van der Waals surface area contributed by atoms with Crippen molar-refractivity contribution in [2.45, 2.75) is 141 Å². The Labute approximate surface area is 278 Å². The molecule has 47 heavy (non-hydrogen) atoms. The van der Waals surface area contributed by atoms with E-state index in [-0.39, 0.29) is 42.9 Å². The van der Waals surface area contributed by atoms with Crippen molar-refractivity contribution in [3.05, 3.63) is 47.1 Å². The zero-order chi connectivity index (χ0) is 34.3. The second-order valence-corrected chi connectivity index (χ2v) is 14.6. The summed E-state index contributed by atoms with van der Waals surface area (Å²) in [5.74, 6) is -4.23. The fourth-order valence-corrected chi connectivity index (χ4v) is 7.86. The lowest BCUT2D eigenvalue weighted by Gasteiger charge is -2.54. The highest BCUT2D eigenvalue weighted by Gasteiger charge is 2.61. The molecule has 0 aromatic heterocycles. The topological polar surface area (TPSA) is 141 Å². The number of esters is 2. The number of hydrogen-bond donors (Lipinski definition) is 3. The van der Waals surface area contributed by atoms with Crippen LogP contribution in [0.5, 0.6) is 0 Å². The Bertz CT molecular complexity index is 1300. The van der Waals surface area contributed by atoms with Crippen molar-refractivity contribution in [2.75, 3.05) is 6.61 Å². The first-order chi connectivity index (χ1) is 22.2. The molecule has 1 spiro atoms. The highest BCUT2D eigenvalue weighted by Crippen LogP contribution is 2.48. The largest absolute Gasteiger partial charge is 0.462 e. The van der Waals surface area contributed by atoms with E-state index in [9.17, 15) is 24.9 Å². The molecule has 13 atom stereocenters. The van der Waals surface area contributed by atoms with E-state index >= 15 is 0 Å². The summed E-state index contributed by atoms with van der Waals surface area (Å²) in [6, 6.07) is 0. The summed E-state index contributed by atoms with van der Waals surface area (Å²) in [7, 11) is 0. The van der Waals surface area contributed by atoms with Crippen LogP contribution in [0.3, 0.4) is 0 Å². The molecule has 3 N–H and O–H groups in total. The summed E-state index contributed by atoms with van der Waals surface area (Å²) in [5.41, 5.74) is 0.355. The molecule has 0 aromatic rings. The van der Waals surface area contributed by atoms with Crippen LogP contribution < -0.4 is 0 Å². The zero-order valence-electron chi connectivity index (χ0n) is 28.9. The first-order valence-corrected chi connectivity index (χ1v) is 17.4. The molecular formula is C37H54O10. The average Bonchev–Trinajstić information content (AvgIpc) is 3.37. The van der Waals surface area contributed by atoms with Gasteiger partial charge in [-0.25, -0.2) is 0 Å². The molecule has 10 heteroatoms. The van der Waals surface area contributed by atoms with Gasteiger partial charge in [0.05, 0.1) is 24.7 Å². The van der Waals surface area contributed by atoms with Crippen LogP contribution in [0.4, 0.5) is 0 Å². The third-order valence-corrected chi connectivity index (χ3v) is 11.0. The highest BCUT2D eigenvalue weighted by atomic mass is 16.7. The van der Waals surface area contributed by atoms with Crippen LogP contribution in [0, 0.1) is 23.7 Å². The Morgan fingerprint density at radius 2 is 1.89 bits per heavy atom. The number of carbonyl (C=O) groups excluding carboxylic acids is 2. The SMILES string of the molecule is CC[C@@H](C)C(=O)O[C@H]1[C@H](C)[C@@H](CC)O[C@@]2(C[C@@H]3C[C@@H](C/C=C(/C)C[C@@H](C)/C=C\C=C4\CO[C@@H]5[C@H](O)C(C)=C[C@@H](C(=O)O3)[C@]45O)O2)[C@@H]1O. The summed E-state index contributed by atoms with van der Waals surface area (Å²) in [5, 5.41) is 35.1. The number of rotatable bonds is 4. The second kappa shape index (κ2) is 14.3. The first-order valence-electron chi connectivity index (χ1n) is 17.4. The van der Waals surface area contributed by atoms with E-state index in [2.05, 4.69) is 19.9 Å². The van der Waals surface area contributed by atoms with Crippen molar-refractivity contribution in [3.63, 3.8) is 0 Å². The molecule has 0 aromatic carbocycles. The predicted octanol–water partition coefficient (Wildman–Crippen LogP) is 4.46. The van der Waals surface area contributed by atoms with Crippen LogP contribution in [-0.4, -0.2) is 88.0 Å². The molecule has 0 amide bonds. The van der Waals surface area contributed by atoms with Crippen LogP contribution in [0.2, 0.25) is 0 Å². The fourth-order valence-electron chi connectivity index (χ4n) is 7.86. The number of fused-ring (bicyclic) bond motifs is 2. The van der Waals surface area contributed by atoms with E-state index in [0.29, 0.717) is 36.8 Å².